The zero-order valence-electron chi connectivity index (χ0n) is 11.4. The Hall–Kier alpha value is -1.93. The van der Waals surface area contributed by atoms with E-state index < -0.39 is 10.0 Å². The Balaban J connectivity index is 2.16. The Morgan fingerprint density at radius 2 is 2.15 bits per heavy atom. The van der Waals surface area contributed by atoms with Gasteiger partial charge in [-0.3, -0.25) is 9.40 Å². The number of hydrogen-bond acceptors (Lipinski definition) is 5. The molecule has 2 rings (SSSR count). The third kappa shape index (κ3) is 3.55. The quantitative estimate of drug-likeness (QED) is 0.815. The SMILES string of the molecule is CNCCn1cc(S(=O)(=O)Nc2cccc(C)n2)cn1. The fourth-order valence-corrected chi connectivity index (χ4v) is 2.58. The highest BCUT2D eigenvalue weighted by molar-refractivity contribution is 7.92. The summed E-state index contributed by atoms with van der Waals surface area (Å²) >= 11 is 0. The van der Waals surface area contributed by atoms with Gasteiger partial charge in [-0.15, -0.1) is 0 Å². The van der Waals surface area contributed by atoms with E-state index in [-0.39, 0.29) is 4.90 Å². The molecular weight excluding hydrogens is 278 g/mol. The second kappa shape index (κ2) is 6.02. The first kappa shape index (κ1) is 14.5. The van der Waals surface area contributed by atoms with Gasteiger partial charge in [-0.1, -0.05) is 6.07 Å². The van der Waals surface area contributed by atoms with Crippen molar-refractivity contribution >= 4 is 15.8 Å². The molecule has 0 aromatic carbocycles. The van der Waals surface area contributed by atoms with E-state index in [1.54, 1.807) is 29.8 Å². The smallest absolute Gasteiger partial charge is 0.266 e. The lowest BCUT2D eigenvalue weighted by Gasteiger charge is -2.05. The van der Waals surface area contributed by atoms with E-state index in [1.165, 1.54) is 12.4 Å². The van der Waals surface area contributed by atoms with E-state index in [0.717, 1.165) is 5.69 Å². The highest BCUT2D eigenvalue weighted by Gasteiger charge is 2.17. The highest BCUT2D eigenvalue weighted by Crippen LogP contribution is 2.13. The Labute approximate surface area is 118 Å². The van der Waals surface area contributed by atoms with E-state index in [2.05, 4.69) is 20.1 Å². The Kier molecular flexibility index (Phi) is 4.35. The maximum atomic E-state index is 12.2. The molecule has 0 aliphatic heterocycles. The standard InChI is InChI=1S/C12H17N5O2S/c1-10-4-3-5-12(15-10)16-20(18,19)11-8-14-17(9-11)7-6-13-2/h3-5,8-9,13H,6-7H2,1-2H3,(H,15,16). The van der Waals surface area contributed by atoms with E-state index in [4.69, 9.17) is 0 Å². The van der Waals surface area contributed by atoms with Crippen molar-refractivity contribution in [1.29, 1.82) is 0 Å². The third-order valence-corrected chi connectivity index (χ3v) is 3.95. The number of rotatable bonds is 6. The molecule has 0 spiro atoms. The number of aromatic nitrogens is 3. The summed E-state index contributed by atoms with van der Waals surface area (Å²) in [6.07, 6.45) is 2.82. The second-order valence-corrected chi connectivity index (χ2v) is 5.99. The molecule has 0 fully saturated rings. The van der Waals surface area contributed by atoms with Gasteiger partial charge in [0, 0.05) is 18.4 Å². The molecule has 20 heavy (non-hydrogen) atoms. The van der Waals surface area contributed by atoms with Gasteiger partial charge in [-0.25, -0.2) is 13.4 Å². The summed E-state index contributed by atoms with van der Waals surface area (Å²) in [5.41, 5.74) is 0.745. The van der Waals surface area contributed by atoms with E-state index >= 15 is 0 Å². The fourth-order valence-electron chi connectivity index (χ4n) is 1.63. The first-order valence-electron chi connectivity index (χ1n) is 6.15. The van der Waals surface area contributed by atoms with Gasteiger partial charge in [-0.2, -0.15) is 5.10 Å². The summed E-state index contributed by atoms with van der Waals surface area (Å²) in [7, 11) is -1.83. The lowest BCUT2D eigenvalue weighted by Crippen LogP contribution is -2.15. The zero-order valence-corrected chi connectivity index (χ0v) is 12.2. The lowest BCUT2D eigenvalue weighted by molar-refractivity contribution is 0.582. The van der Waals surface area contributed by atoms with E-state index in [9.17, 15) is 8.42 Å². The number of sulfonamides is 1. The minimum atomic E-state index is -3.65. The minimum Gasteiger partial charge on any atom is -0.318 e. The van der Waals surface area contributed by atoms with Crippen LogP contribution >= 0.6 is 0 Å². The zero-order chi connectivity index (χ0) is 14.6. The van der Waals surface area contributed by atoms with E-state index in [1.807, 2.05) is 7.05 Å². The minimum absolute atomic E-state index is 0.122. The Bertz CT molecular complexity index is 681. The number of pyridine rings is 1. The van der Waals surface area contributed by atoms with Crippen molar-refractivity contribution in [2.45, 2.75) is 18.4 Å². The van der Waals surface area contributed by atoms with Gasteiger partial charge in [0.25, 0.3) is 10.0 Å². The largest absolute Gasteiger partial charge is 0.318 e. The molecule has 0 aliphatic carbocycles. The van der Waals surface area contributed by atoms with Crippen LogP contribution in [-0.2, 0) is 16.6 Å². The number of nitrogens with zero attached hydrogens (tertiary/aromatic N) is 3. The maximum absolute atomic E-state index is 12.2. The van der Waals surface area contributed by atoms with Crippen LogP contribution in [0.15, 0.2) is 35.5 Å². The van der Waals surface area contributed by atoms with Crippen LogP contribution in [-0.4, -0.2) is 36.8 Å². The summed E-state index contributed by atoms with van der Waals surface area (Å²) in [5.74, 6) is 0.299. The van der Waals surface area contributed by atoms with Crippen molar-refractivity contribution in [3.63, 3.8) is 0 Å². The number of nitrogens with one attached hydrogen (secondary N) is 2. The highest BCUT2D eigenvalue weighted by atomic mass is 32.2. The lowest BCUT2D eigenvalue weighted by atomic mass is 10.4. The summed E-state index contributed by atoms with van der Waals surface area (Å²) < 4.78 is 28.4. The predicted octanol–water partition coefficient (Wildman–Crippen LogP) is 0.607. The summed E-state index contributed by atoms with van der Waals surface area (Å²) in [5, 5.41) is 6.99. The van der Waals surface area contributed by atoms with Crippen LogP contribution in [0.2, 0.25) is 0 Å². The maximum Gasteiger partial charge on any atom is 0.266 e. The first-order chi connectivity index (χ1) is 9.51. The molecule has 108 valence electrons. The fraction of sp³-hybridized carbons (Fsp3) is 0.333. The van der Waals surface area contributed by atoms with Gasteiger partial charge in [0.05, 0.1) is 12.7 Å². The molecule has 0 atom stereocenters. The topological polar surface area (TPSA) is 88.9 Å². The molecular formula is C12H17N5O2S. The van der Waals surface area contributed by atoms with Crippen molar-refractivity contribution in [2.75, 3.05) is 18.3 Å². The number of likely N-dealkylation sites (N-methyl/N-ethyl adjacent to an activating group) is 1. The molecule has 0 amide bonds. The van der Waals surface area contributed by atoms with Crippen LogP contribution in [0.5, 0.6) is 0 Å². The molecule has 2 aromatic rings. The van der Waals surface area contributed by atoms with Gasteiger partial charge >= 0.3 is 0 Å². The van der Waals surface area contributed by atoms with Crippen molar-refractivity contribution in [2.24, 2.45) is 0 Å². The van der Waals surface area contributed by atoms with Crippen LogP contribution in [0, 0.1) is 6.92 Å². The summed E-state index contributed by atoms with van der Waals surface area (Å²) in [4.78, 5) is 4.23. The van der Waals surface area contributed by atoms with Crippen LogP contribution in [0.25, 0.3) is 0 Å². The Morgan fingerprint density at radius 1 is 1.35 bits per heavy atom. The molecule has 7 nitrogen and oxygen atoms in total. The second-order valence-electron chi connectivity index (χ2n) is 4.31. The molecule has 2 N–H and O–H groups in total. The summed E-state index contributed by atoms with van der Waals surface area (Å²) in [6, 6.07) is 5.15. The van der Waals surface area contributed by atoms with Gasteiger partial charge in [0.2, 0.25) is 0 Å². The normalized spacial score (nSPS) is 11.5. The van der Waals surface area contributed by atoms with Crippen LogP contribution < -0.4 is 10.0 Å². The average molecular weight is 295 g/mol. The van der Waals surface area contributed by atoms with Crippen molar-refractivity contribution in [1.82, 2.24) is 20.1 Å². The summed E-state index contributed by atoms with van der Waals surface area (Å²) in [6.45, 7) is 3.12. The van der Waals surface area contributed by atoms with Crippen molar-refractivity contribution < 1.29 is 8.42 Å². The van der Waals surface area contributed by atoms with Crippen LogP contribution in [0.3, 0.4) is 0 Å². The van der Waals surface area contributed by atoms with Gasteiger partial charge in [-0.05, 0) is 26.1 Å². The number of aryl methyl sites for hydroxylation is 1. The monoisotopic (exact) mass is 295 g/mol. The Morgan fingerprint density at radius 3 is 2.85 bits per heavy atom. The molecule has 0 bridgehead atoms. The number of anilines is 1. The molecule has 2 heterocycles. The third-order valence-electron chi connectivity index (χ3n) is 2.64. The molecule has 0 saturated heterocycles. The van der Waals surface area contributed by atoms with E-state index in [0.29, 0.717) is 18.9 Å². The first-order valence-corrected chi connectivity index (χ1v) is 7.63. The van der Waals surface area contributed by atoms with Gasteiger partial charge in [0.1, 0.15) is 10.7 Å². The molecule has 0 aliphatic rings. The number of hydrogen-bond donors (Lipinski definition) is 2. The molecule has 8 heteroatoms. The molecule has 0 unspecified atom stereocenters. The van der Waals surface area contributed by atoms with Crippen molar-refractivity contribution in [3.05, 3.63) is 36.3 Å². The van der Waals surface area contributed by atoms with Gasteiger partial charge in [0.15, 0.2) is 0 Å². The average Bonchev–Trinajstić information content (AvgIpc) is 2.85. The predicted molar refractivity (Wildman–Crippen MR) is 75.9 cm³/mol. The van der Waals surface area contributed by atoms with Crippen molar-refractivity contribution in [3.8, 4) is 0 Å². The van der Waals surface area contributed by atoms with Gasteiger partial charge < -0.3 is 5.32 Å². The molecule has 2 aromatic heterocycles. The molecule has 0 saturated carbocycles. The van der Waals surface area contributed by atoms with Crippen LogP contribution in [0.4, 0.5) is 5.82 Å². The van der Waals surface area contributed by atoms with Crippen LogP contribution in [0.1, 0.15) is 5.69 Å². The molecule has 0 radical (unpaired) electrons.